The first-order valence-corrected chi connectivity index (χ1v) is 11.2. The van der Waals surface area contributed by atoms with Crippen LogP contribution in [-0.2, 0) is 20.0 Å². The molecule has 2 unspecified atom stereocenters. The van der Waals surface area contributed by atoms with Crippen LogP contribution in [0.15, 0.2) is 34.1 Å². The van der Waals surface area contributed by atoms with Crippen molar-refractivity contribution in [1.29, 1.82) is 0 Å². The third kappa shape index (κ3) is 4.06. The molecule has 0 spiro atoms. The Hall–Kier alpha value is -1.00. The number of benzene rings is 1. The van der Waals surface area contributed by atoms with E-state index in [-0.39, 0.29) is 22.3 Å². The molecule has 1 aliphatic rings. The van der Waals surface area contributed by atoms with Gasteiger partial charge in [-0.2, -0.15) is 0 Å². The van der Waals surface area contributed by atoms with Crippen LogP contribution in [-0.4, -0.2) is 47.3 Å². The Kier molecular flexibility index (Phi) is 5.95. The topological polar surface area (TPSA) is 110 Å². The minimum absolute atomic E-state index is 0.0566. The lowest BCUT2D eigenvalue weighted by Crippen LogP contribution is -2.58. The molecule has 142 valence electrons. The fraction of sp³-hybridized carbons (Fsp3) is 0.625. The van der Waals surface area contributed by atoms with Gasteiger partial charge in [0.25, 0.3) is 0 Å². The first-order chi connectivity index (χ1) is 11.5. The lowest BCUT2D eigenvalue weighted by atomic mass is 9.74. The number of rotatable bonds is 6. The van der Waals surface area contributed by atoms with Crippen molar-refractivity contribution < 1.29 is 16.8 Å². The van der Waals surface area contributed by atoms with Gasteiger partial charge in [0.2, 0.25) is 20.0 Å². The van der Waals surface area contributed by atoms with Gasteiger partial charge in [0.05, 0.1) is 9.79 Å². The van der Waals surface area contributed by atoms with Crippen LogP contribution in [0, 0.1) is 5.92 Å². The van der Waals surface area contributed by atoms with E-state index in [2.05, 4.69) is 4.72 Å². The third-order valence-electron chi connectivity index (χ3n) is 5.05. The molecule has 0 radical (unpaired) electrons. The Labute approximate surface area is 150 Å². The zero-order valence-corrected chi connectivity index (χ0v) is 16.5. The van der Waals surface area contributed by atoms with Crippen molar-refractivity contribution in [1.82, 2.24) is 9.03 Å². The van der Waals surface area contributed by atoms with Gasteiger partial charge in [0, 0.05) is 26.2 Å². The predicted octanol–water partition coefficient (Wildman–Crippen LogP) is 1.12. The first-order valence-electron chi connectivity index (χ1n) is 8.32. The van der Waals surface area contributed by atoms with E-state index in [1.807, 2.05) is 6.92 Å². The van der Waals surface area contributed by atoms with Crippen LogP contribution >= 0.6 is 0 Å². The second kappa shape index (κ2) is 7.32. The summed E-state index contributed by atoms with van der Waals surface area (Å²) in [5.41, 5.74) is 5.24. The number of nitrogens with two attached hydrogens (primary N) is 1. The molecular weight excluding hydrogens is 362 g/mol. The Morgan fingerprint density at radius 3 is 2.40 bits per heavy atom. The Balaban J connectivity index is 2.40. The number of nitrogens with one attached hydrogen (secondary N) is 1. The lowest BCUT2D eigenvalue weighted by Gasteiger charge is -2.42. The van der Waals surface area contributed by atoms with E-state index in [0.29, 0.717) is 6.42 Å². The maximum Gasteiger partial charge on any atom is 0.242 e. The maximum absolute atomic E-state index is 12.9. The number of sulfonamides is 2. The van der Waals surface area contributed by atoms with Crippen molar-refractivity contribution in [2.75, 3.05) is 20.6 Å². The summed E-state index contributed by atoms with van der Waals surface area (Å²) in [5.74, 6) is 0.120. The summed E-state index contributed by atoms with van der Waals surface area (Å²) >= 11 is 0. The summed E-state index contributed by atoms with van der Waals surface area (Å²) < 4.78 is 54.1. The molecule has 7 nitrogen and oxygen atoms in total. The van der Waals surface area contributed by atoms with Crippen LogP contribution in [0.2, 0.25) is 0 Å². The van der Waals surface area contributed by atoms with Crippen LogP contribution in [0.1, 0.15) is 32.6 Å². The van der Waals surface area contributed by atoms with Gasteiger partial charge in [-0.05, 0) is 37.0 Å². The van der Waals surface area contributed by atoms with E-state index in [1.54, 1.807) is 0 Å². The van der Waals surface area contributed by atoms with Crippen LogP contribution < -0.4 is 10.5 Å². The Bertz CT molecular complexity index is 822. The first kappa shape index (κ1) is 20.3. The lowest BCUT2D eigenvalue weighted by molar-refractivity contribution is 0.191. The molecule has 1 aliphatic carbocycles. The highest BCUT2D eigenvalue weighted by Crippen LogP contribution is 2.34. The summed E-state index contributed by atoms with van der Waals surface area (Å²) in [6, 6.07) is 5.41. The van der Waals surface area contributed by atoms with Gasteiger partial charge in [-0.25, -0.2) is 25.9 Å². The fourth-order valence-electron chi connectivity index (χ4n) is 3.25. The number of hydrogen-bond donors (Lipinski definition) is 2. The number of nitrogens with zero attached hydrogens (tertiary/aromatic N) is 1. The molecule has 1 saturated carbocycles. The van der Waals surface area contributed by atoms with Gasteiger partial charge in [0.15, 0.2) is 0 Å². The molecule has 25 heavy (non-hydrogen) atoms. The molecule has 0 amide bonds. The molecule has 2 rings (SSSR count). The van der Waals surface area contributed by atoms with Crippen molar-refractivity contribution in [2.24, 2.45) is 11.7 Å². The Morgan fingerprint density at radius 2 is 1.84 bits per heavy atom. The maximum atomic E-state index is 12.9. The van der Waals surface area contributed by atoms with Gasteiger partial charge in [-0.15, -0.1) is 0 Å². The minimum atomic E-state index is -3.88. The third-order valence-corrected chi connectivity index (χ3v) is 8.41. The minimum Gasteiger partial charge on any atom is -0.329 e. The highest BCUT2D eigenvalue weighted by molar-refractivity contribution is 7.90. The SMILES string of the molecule is CC1CCCCC1(CN)NS(=O)(=O)c1cccc(S(=O)(=O)N(C)C)c1. The van der Waals surface area contributed by atoms with Gasteiger partial charge < -0.3 is 5.73 Å². The molecule has 0 bridgehead atoms. The monoisotopic (exact) mass is 389 g/mol. The van der Waals surface area contributed by atoms with E-state index in [4.69, 9.17) is 5.73 Å². The van der Waals surface area contributed by atoms with Crippen molar-refractivity contribution in [3.63, 3.8) is 0 Å². The van der Waals surface area contributed by atoms with E-state index in [1.165, 1.54) is 38.4 Å². The van der Waals surface area contributed by atoms with E-state index >= 15 is 0 Å². The smallest absolute Gasteiger partial charge is 0.242 e. The van der Waals surface area contributed by atoms with Crippen molar-refractivity contribution >= 4 is 20.0 Å². The zero-order chi connectivity index (χ0) is 18.9. The molecule has 2 atom stereocenters. The molecule has 9 heteroatoms. The average molecular weight is 390 g/mol. The summed E-state index contributed by atoms with van der Waals surface area (Å²) in [6.45, 7) is 2.21. The van der Waals surface area contributed by atoms with Crippen LogP contribution in [0.4, 0.5) is 0 Å². The summed E-state index contributed by atoms with van der Waals surface area (Å²) in [6.07, 6.45) is 3.56. The van der Waals surface area contributed by atoms with Crippen molar-refractivity contribution in [2.45, 2.75) is 47.9 Å². The normalized spacial score (nSPS) is 25.2. The quantitative estimate of drug-likeness (QED) is 0.758. The van der Waals surface area contributed by atoms with E-state index < -0.39 is 25.6 Å². The van der Waals surface area contributed by atoms with Gasteiger partial charge >= 0.3 is 0 Å². The molecule has 1 aromatic rings. The van der Waals surface area contributed by atoms with E-state index in [0.717, 1.165) is 23.6 Å². The Morgan fingerprint density at radius 1 is 1.20 bits per heavy atom. The molecule has 3 N–H and O–H groups in total. The van der Waals surface area contributed by atoms with Gasteiger partial charge in [-0.3, -0.25) is 0 Å². The molecular formula is C16H27N3O4S2. The summed E-state index contributed by atoms with van der Waals surface area (Å²) in [4.78, 5) is -0.125. The summed E-state index contributed by atoms with van der Waals surface area (Å²) in [7, 11) is -4.78. The van der Waals surface area contributed by atoms with Gasteiger partial charge in [0.1, 0.15) is 0 Å². The molecule has 0 aromatic heterocycles. The van der Waals surface area contributed by atoms with E-state index in [9.17, 15) is 16.8 Å². The van der Waals surface area contributed by atoms with Crippen molar-refractivity contribution in [3.8, 4) is 0 Å². The highest BCUT2D eigenvalue weighted by atomic mass is 32.2. The predicted molar refractivity (Wildman–Crippen MR) is 97.1 cm³/mol. The number of hydrogen-bond acceptors (Lipinski definition) is 5. The van der Waals surface area contributed by atoms with Gasteiger partial charge in [-0.1, -0.05) is 25.8 Å². The second-order valence-corrected chi connectivity index (χ2v) is 10.7. The summed E-state index contributed by atoms with van der Waals surface area (Å²) in [5, 5.41) is 0. The van der Waals surface area contributed by atoms with Crippen LogP contribution in [0.3, 0.4) is 0 Å². The molecule has 1 fully saturated rings. The standard InChI is InChI=1S/C16H27N3O4S2/c1-13-7-4-5-10-16(13,12-17)18-24(20,21)14-8-6-9-15(11-14)25(22,23)19(2)3/h6,8-9,11,13,18H,4-5,7,10,12,17H2,1-3H3. The second-order valence-electron chi connectivity index (χ2n) is 6.87. The highest BCUT2D eigenvalue weighted by Gasteiger charge is 2.40. The molecule has 0 heterocycles. The largest absolute Gasteiger partial charge is 0.329 e. The fourth-order valence-corrected chi connectivity index (χ4v) is 5.85. The molecule has 1 aromatic carbocycles. The van der Waals surface area contributed by atoms with Crippen LogP contribution in [0.5, 0.6) is 0 Å². The molecule has 0 saturated heterocycles. The zero-order valence-electron chi connectivity index (χ0n) is 14.9. The molecule has 0 aliphatic heterocycles. The van der Waals surface area contributed by atoms with Crippen molar-refractivity contribution in [3.05, 3.63) is 24.3 Å². The average Bonchev–Trinajstić information content (AvgIpc) is 2.57. The van der Waals surface area contributed by atoms with Crippen LogP contribution in [0.25, 0.3) is 0 Å².